The molecule has 1 amide bonds. The molecule has 0 aliphatic carbocycles. The van der Waals surface area contributed by atoms with Gasteiger partial charge in [-0.2, -0.15) is 4.98 Å². The van der Waals surface area contributed by atoms with Crippen LogP contribution in [-0.4, -0.2) is 32.7 Å². The molecule has 0 saturated heterocycles. The second kappa shape index (κ2) is 9.40. The van der Waals surface area contributed by atoms with Crippen LogP contribution in [0.25, 0.3) is 33.9 Å². The summed E-state index contributed by atoms with van der Waals surface area (Å²) in [6, 6.07) is 18.8. The highest BCUT2D eigenvalue weighted by atomic mass is 35.5. The maximum atomic E-state index is 13.1. The SMILES string of the molecule is COc1ccc(Cl)cc1NC(=O)Cn1c(=O)cc(-c2nc(-c3ccccn3)no2)c2ccccc21. The fraction of sp³-hybridized carbons (Fsp3) is 0.0800. The fourth-order valence-corrected chi connectivity index (χ4v) is 3.89. The number of nitrogens with one attached hydrogen (secondary N) is 1. The van der Waals surface area contributed by atoms with Crippen molar-refractivity contribution < 1.29 is 14.1 Å². The number of rotatable bonds is 6. The van der Waals surface area contributed by atoms with Gasteiger partial charge in [-0.1, -0.05) is 41.0 Å². The molecule has 9 nitrogen and oxygen atoms in total. The first-order valence-corrected chi connectivity index (χ1v) is 10.9. The van der Waals surface area contributed by atoms with Crippen LogP contribution in [0, 0.1) is 0 Å². The molecule has 0 unspecified atom stereocenters. The highest BCUT2D eigenvalue weighted by molar-refractivity contribution is 6.31. The number of halogens is 1. The zero-order chi connectivity index (χ0) is 24.4. The zero-order valence-electron chi connectivity index (χ0n) is 18.4. The highest BCUT2D eigenvalue weighted by Gasteiger charge is 2.18. The van der Waals surface area contributed by atoms with Crippen molar-refractivity contribution in [3.8, 4) is 28.7 Å². The number of anilines is 1. The van der Waals surface area contributed by atoms with Gasteiger partial charge in [-0.05, 0) is 36.4 Å². The molecular formula is C25H18ClN5O4. The lowest BCUT2D eigenvalue weighted by Crippen LogP contribution is -2.28. The number of aromatic nitrogens is 4. The van der Waals surface area contributed by atoms with E-state index in [2.05, 4.69) is 20.4 Å². The molecule has 3 aromatic heterocycles. The van der Waals surface area contributed by atoms with Gasteiger partial charge in [0, 0.05) is 22.7 Å². The topological polar surface area (TPSA) is 112 Å². The number of carbonyl (C=O) groups excluding carboxylic acids is 1. The van der Waals surface area contributed by atoms with Crippen molar-refractivity contribution in [1.82, 2.24) is 19.7 Å². The van der Waals surface area contributed by atoms with Crippen LogP contribution in [0.4, 0.5) is 5.69 Å². The third-order valence-electron chi connectivity index (χ3n) is 5.31. The van der Waals surface area contributed by atoms with Gasteiger partial charge in [0.15, 0.2) is 0 Å². The molecule has 5 rings (SSSR count). The quantitative estimate of drug-likeness (QED) is 0.377. The minimum atomic E-state index is -0.416. The maximum absolute atomic E-state index is 13.1. The Bertz CT molecular complexity index is 1600. The molecule has 0 atom stereocenters. The van der Waals surface area contributed by atoms with Crippen molar-refractivity contribution in [2.45, 2.75) is 6.54 Å². The van der Waals surface area contributed by atoms with Gasteiger partial charge >= 0.3 is 0 Å². The molecule has 0 saturated carbocycles. The highest BCUT2D eigenvalue weighted by Crippen LogP contribution is 2.29. The normalized spacial score (nSPS) is 10.9. The molecule has 35 heavy (non-hydrogen) atoms. The van der Waals surface area contributed by atoms with Gasteiger partial charge in [0.1, 0.15) is 18.0 Å². The Labute approximate surface area is 204 Å². The summed E-state index contributed by atoms with van der Waals surface area (Å²) in [5, 5.41) is 7.87. The van der Waals surface area contributed by atoms with Crippen LogP contribution < -0.4 is 15.6 Å². The summed E-state index contributed by atoms with van der Waals surface area (Å²) in [7, 11) is 1.49. The summed E-state index contributed by atoms with van der Waals surface area (Å²) < 4.78 is 12.1. The van der Waals surface area contributed by atoms with Crippen LogP contribution in [0.3, 0.4) is 0 Å². The number of methoxy groups -OCH3 is 1. The number of pyridine rings is 2. The lowest BCUT2D eigenvalue weighted by atomic mass is 10.1. The van der Waals surface area contributed by atoms with Crippen LogP contribution in [0.5, 0.6) is 5.75 Å². The van der Waals surface area contributed by atoms with Crippen LogP contribution in [0.2, 0.25) is 5.02 Å². The van der Waals surface area contributed by atoms with Gasteiger partial charge in [-0.3, -0.25) is 19.1 Å². The number of para-hydroxylation sites is 1. The van der Waals surface area contributed by atoms with E-state index in [1.807, 2.05) is 18.2 Å². The van der Waals surface area contributed by atoms with Gasteiger partial charge in [0.2, 0.25) is 11.7 Å². The lowest BCUT2D eigenvalue weighted by Gasteiger charge is -2.14. The Morgan fingerprint density at radius 2 is 1.94 bits per heavy atom. The maximum Gasteiger partial charge on any atom is 0.259 e. The molecule has 0 aliphatic heterocycles. The number of ether oxygens (including phenoxy) is 1. The van der Waals surface area contributed by atoms with E-state index >= 15 is 0 Å². The number of fused-ring (bicyclic) bond motifs is 1. The van der Waals surface area contributed by atoms with Gasteiger partial charge in [-0.15, -0.1) is 0 Å². The minimum Gasteiger partial charge on any atom is -0.495 e. The molecule has 0 bridgehead atoms. The largest absolute Gasteiger partial charge is 0.495 e. The molecule has 174 valence electrons. The molecule has 0 spiro atoms. The lowest BCUT2D eigenvalue weighted by molar-refractivity contribution is -0.116. The molecule has 1 N–H and O–H groups in total. The van der Waals surface area contributed by atoms with Crippen molar-refractivity contribution in [2.75, 3.05) is 12.4 Å². The summed E-state index contributed by atoms with van der Waals surface area (Å²) in [5.41, 5.74) is 1.57. The third kappa shape index (κ3) is 4.49. The predicted octanol–water partition coefficient (Wildman–Crippen LogP) is 4.41. The van der Waals surface area contributed by atoms with Crippen LogP contribution in [-0.2, 0) is 11.3 Å². The number of carbonyl (C=O) groups is 1. The second-order valence-electron chi connectivity index (χ2n) is 7.53. The molecular weight excluding hydrogens is 470 g/mol. The summed E-state index contributed by atoms with van der Waals surface area (Å²) in [6.07, 6.45) is 1.63. The van der Waals surface area contributed by atoms with Gasteiger partial charge in [0.05, 0.1) is 23.9 Å². The number of hydrogen-bond donors (Lipinski definition) is 1. The monoisotopic (exact) mass is 487 g/mol. The van der Waals surface area contributed by atoms with Crippen LogP contribution in [0.15, 0.2) is 82.2 Å². The first kappa shape index (κ1) is 22.3. The molecule has 0 fully saturated rings. The van der Waals surface area contributed by atoms with Gasteiger partial charge in [-0.25, -0.2) is 0 Å². The fourth-order valence-electron chi connectivity index (χ4n) is 3.72. The van der Waals surface area contributed by atoms with E-state index in [0.717, 1.165) is 0 Å². The molecule has 0 aliphatic rings. The minimum absolute atomic E-state index is 0.180. The Morgan fingerprint density at radius 1 is 1.11 bits per heavy atom. The van der Waals surface area contributed by atoms with Gasteiger partial charge < -0.3 is 14.6 Å². The first-order chi connectivity index (χ1) is 17.0. The van der Waals surface area contributed by atoms with E-state index < -0.39 is 11.5 Å². The van der Waals surface area contributed by atoms with Crippen molar-refractivity contribution >= 4 is 34.1 Å². The first-order valence-electron chi connectivity index (χ1n) is 10.5. The van der Waals surface area contributed by atoms with Crippen molar-refractivity contribution in [1.29, 1.82) is 0 Å². The molecule has 5 aromatic rings. The third-order valence-corrected chi connectivity index (χ3v) is 5.54. The number of nitrogens with zero attached hydrogens (tertiary/aromatic N) is 4. The van der Waals surface area contributed by atoms with E-state index in [4.69, 9.17) is 20.9 Å². The Morgan fingerprint density at radius 3 is 2.74 bits per heavy atom. The molecule has 3 heterocycles. The van der Waals surface area contributed by atoms with Crippen molar-refractivity contribution in [2.24, 2.45) is 0 Å². The number of hydrogen-bond acceptors (Lipinski definition) is 7. The zero-order valence-corrected chi connectivity index (χ0v) is 19.2. The van der Waals surface area contributed by atoms with Crippen molar-refractivity contribution in [3.05, 3.63) is 88.3 Å². The van der Waals surface area contributed by atoms with E-state index in [1.165, 1.54) is 17.7 Å². The summed E-state index contributed by atoms with van der Waals surface area (Å²) in [6.45, 7) is -0.224. The van der Waals surface area contributed by atoms with E-state index in [9.17, 15) is 9.59 Å². The van der Waals surface area contributed by atoms with E-state index in [1.54, 1.807) is 48.7 Å². The van der Waals surface area contributed by atoms with E-state index in [-0.39, 0.29) is 12.4 Å². The average Bonchev–Trinajstić information content (AvgIpc) is 3.36. The van der Waals surface area contributed by atoms with E-state index in [0.29, 0.717) is 44.4 Å². The molecule has 2 aromatic carbocycles. The Kier molecular flexibility index (Phi) is 5.99. The van der Waals surface area contributed by atoms with Gasteiger partial charge in [0.25, 0.3) is 11.4 Å². The Hall–Kier alpha value is -4.50. The molecule has 0 radical (unpaired) electrons. The summed E-state index contributed by atoms with van der Waals surface area (Å²) >= 11 is 6.05. The standard InChI is InChI=1S/C25H18ClN5O4/c1-34-21-10-9-15(26)12-19(21)28-22(32)14-31-20-8-3-2-6-16(20)17(13-23(31)33)25-29-24(30-35-25)18-7-4-5-11-27-18/h2-13H,14H2,1H3,(H,28,32). The molecule has 10 heteroatoms. The van der Waals surface area contributed by atoms with Crippen molar-refractivity contribution in [3.63, 3.8) is 0 Å². The van der Waals surface area contributed by atoms with Crippen LogP contribution >= 0.6 is 11.6 Å². The smallest absolute Gasteiger partial charge is 0.259 e. The van der Waals surface area contributed by atoms with Crippen LogP contribution in [0.1, 0.15) is 0 Å². The summed E-state index contributed by atoms with van der Waals surface area (Å²) in [5.74, 6) is 0.527. The summed E-state index contributed by atoms with van der Waals surface area (Å²) in [4.78, 5) is 34.6. The Balaban J connectivity index is 1.50. The number of benzene rings is 2. The predicted molar refractivity (Wildman–Crippen MR) is 131 cm³/mol. The number of amides is 1. The second-order valence-corrected chi connectivity index (χ2v) is 7.97. The average molecular weight is 488 g/mol.